The Morgan fingerprint density at radius 1 is 0.933 bits per heavy atom. The molecule has 0 radical (unpaired) electrons. The van der Waals surface area contributed by atoms with E-state index in [1.807, 2.05) is 23.5 Å². The van der Waals surface area contributed by atoms with E-state index in [0.717, 1.165) is 80.7 Å². The van der Waals surface area contributed by atoms with Gasteiger partial charge in [-0.25, -0.2) is 4.98 Å². The van der Waals surface area contributed by atoms with Gasteiger partial charge in [0.2, 0.25) is 0 Å². The Labute approximate surface area is 360 Å². The summed E-state index contributed by atoms with van der Waals surface area (Å²) in [4.78, 5) is 23.7. The van der Waals surface area contributed by atoms with E-state index in [4.69, 9.17) is 15.5 Å². The van der Waals surface area contributed by atoms with Crippen LogP contribution in [0.2, 0.25) is 0 Å². The Bertz CT molecular complexity index is 2690. The molecule has 60 heavy (non-hydrogen) atoms. The van der Waals surface area contributed by atoms with Gasteiger partial charge in [0.15, 0.2) is 0 Å². The second kappa shape index (κ2) is 16.9. The Morgan fingerprint density at radius 3 is 2.63 bits per heavy atom. The van der Waals surface area contributed by atoms with E-state index >= 15 is 0 Å². The molecule has 10 rings (SSSR count). The molecule has 7 aromatic rings. The Balaban J connectivity index is 0.677. The largest absolute Gasteiger partial charge is 0.397 e. The van der Waals surface area contributed by atoms with E-state index in [-0.39, 0.29) is 11.9 Å². The van der Waals surface area contributed by atoms with Crippen molar-refractivity contribution in [1.82, 2.24) is 25.5 Å². The normalized spacial score (nSPS) is 18.8. The topological polar surface area (TPSA) is 109 Å². The van der Waals surface area contributed by atoms with Crippen LogP contribution in [-0.4, -0.2) is 66.4 Å². The molecule has 11 heteroatoms. The highest BCUT2D eigenvalue weighted by Gasteiger charge is 2.33. The number of carbonyl (C=O) groups is 1. The molecule has 1 amide bonds. The van der Waals surface area contributed by atoms with Gasteiger partial charge in [-0.3, -0.25) is 4.79 Å². The molecular weight excluding hydrogens is 783 g/mol. The van der Waals surface area contributed by atoms with Gasteiger partial charge >= 0.3 is 0 Å². The standard InChI is InChI=1S/C49H55N7O2S2/c1-3-56-43-17-6-31(22-42(43)40-15-9-34(25-44(40)56)45-21-30(2)29-59-45)26-51-18-20-58-19-4-5-35-13-16-41-46(50)47(60-49(41)54-35)48(57)53-36-10-7-33-24-39(14-8-32(33)23-36)55-27-37-11-12-38(28-55)52-37/h6,8-9,13-17,21-22,24-25,29,36-38,51-52H,3-5,7,10-12,18-20,23,26-28,50H2,1-2H3,(H,53,57)/t36-,37-,38+/m0/s1. The molecule has 0 spiro atoms. The molecule has 1 aliphatic carbocycles. The van der Waals surface area contributed by atoms with Crippen molar-refractivity contribution in [2.75, 3.05) is 43.5 Å². The minimum absolute atomic E-state index is 0.0915. The maximum atomic E-state index is 13.5. The number of carbonyl (C=O) groups excluding carboxylic acids is 1. The molecule has 0 saturated carbocycles. The summed E-state index contributed by atoms with van der Waals surface area (Å²) < 4.78 is 8.43. The first-order chi connectivity index (χ1) is 29.4. The van der Waals surface area contributed by atoms with Crippen LogP contribution < -0.4 is 26.6 Å². The third-order valence-corrected chi connectivity index (χ3v) is 15.1. The van der Waals surface area contributed by atoms with Gasteiger partial charge in [-0.1, -0.05) is 24.3 Å². The maximum Gasteiger partial charge on any atom is 0.263 e. The lowest BCUT2D eigenvalue weighted by molar-refractivity contribution is 0.0938. The molecule has 2 aliphatic heterocycles. The number of nitrogens with two attached hydrogens (primary N) is 1. The number of pyridine rings is 1. The lowest BCUT2D eigenvalue weighted by Crippen LogP contribution is -2.51. The van der Waals surface area contributed by atoms with Crippen LogP contribution in [0.15, 0.2) is 78.2 Å². The molecule has 0 unspecified atom stereocenters. The number of amides is 1. The Morgan fingerprint density at radius 2 is 1.80 bits per heavy atom. The number of nitrogens with one attached hydrogen (secondary N) is 3. The smallest absolute Gasteiger partial charge is 0.263 e. The van der Waals surface area contributed by atoms with E-state index < -0.39 is 0 Å². The fourth-order valence-corrected chi connectivity index (χ4v) is 11.7. The second-order valence-corrected chi connectivity index (χ2v) is 19.0. The number of hydrogen-bond donors (Lipinski definition) is 4. The van der Waals surface area contributed by atoms with Gasteiger partial charge in [-0.2, -0.15) is 0 Å². The van der Waals surface area contributed by atoms with Crippen LogP contribution in [0, 0.1) is 6.92 Å². The van der Waals surface area contributed by atoms with Crippen LogP contribution in [-0.2, 0) is 37.1 Å². The van der Waals surface area contributed by atoms with Gasteiger partial charge in [-0.05, 0) is 141 Å². The summed E-state index contributed by atoms with van der Waals surface area (Å²) in [5.74, 6) is -0.0938. The van der Waals surface area contributed by atoms with Crippen molar-refractivity contribution in [1.29, 1.82) is 0 Å². The number of piperazine rings is 1. The fourth-order valence-electron chi connectivity index (χ4n) is 9.83. The molecule has 2 saturated heterocycles. The monoisotopic (exact) mass is 837 g/mol. The van der Waals surface area contributed by atoms with Crippen molar-refractivity contribution in [3.8, 4) is 10.4 Å². The van der Waals surface area contributed by atoms with Crippen molar-refractivity contribution in [3.63, 3.8) is 0 Å². The third kappa shape index (κ3) is 7.94. The van der Waals surface area contributed by atoms with Crippen LogP contribution in [0.5, 0.6) is 0 Å². The highest BCUT2D eigenvalue weighted by molar-refractivity contribution is 7.21. The number of benzene rings is 3. The summed E-state index contributed by atoms with van der Waals surface area (Å²) in [5.41, 5.74) is 18.6. The molecule has 2 fully saturated rings. The number of aromatic nitrogens is 2. The molecule has 9 nitrogen and oxygen atoms in total. The van der Waals surface area contributed by atoms with Crippen LogP contribution in [0.1, 0.15) is 70.2 Å². The first-order valence-corrected chi connectivity index (χ1v) is 23.6. The molecule has 6 heterocycles. The minimum atomic E-state index is -0.0938. The summed E-state index contributed by atoms with van der Waals surface area (Å²) in [6.07, 6.45) is 7.01. The number of anilines is 2. The summed E-state index contributed by atoms with van der Waals surface area (Å²) in [6, 6.07) is 28.4. The highest BCUT2D eigenvalue weighted by Crippen LogP contribution is 2.36. The average Bonchev–Trinajstić information content (AvgIpc) is 4.03. The van der Waals surface area contributed by atoms with Crippen molar-refractivity contribution < 1.29 is 9.53 Å². The lowest BCUT2D eigenvalue weighted by atomic mass is 9.87. The zero-order valence-electron chi connectivity index (χ0n) is 34.7. The van der Waals surface area contributed by atoms with Gasteiger partial charge in [0, 0.05) is 101 Å². The number of fused-ring (bicyclic) bond motifs is 7. The molecule has 310 valence electrons. The van der Waals surface area contributed by atoms with Gasteiger partial charge in [0.25, 0.3) is 5.91 Å². The van der Waals surface area contributed by atoms with E-state index in [1.54, 1.807) is 0 Å². The predicted molar refractivity (Wildman–Crippen MR) is 250 cm³/mol. The number of nitrogen functional groups attached to an aromatic ring is 1. The molecule has 3 atom stereocenters. The predicted octanol–water partition coefficient (Wildman–Crippen LogP) is 9.01. The van der Waals surface area contributed by atoms with Gasteiger partial charge in [0.1, 0.15) is 9.71 Å². The molecule has 4 aromatic heterocycles. The number of aryl methyl sites for hydroxylation is 4. The number of hydrogen-bond acceptors (Lipinski definition) is 9. The molecule has 2 bridgehead atoms. The quantitative estimate of drug-likeness (QED) is 0.0811. The van der Waals surface area contributed by atoms with Crippen LogP contribution in [0.3, 0.4) is 0 Å². The zero-order valence-corrected chi connectivity index (χ0v) is 36.3. The second-order valence-electron chi connectivity index (χ2n) is 17.1. The van der Waals surface area contributed by atoms with Crippen LogP contribution in [0.25, 0.3) is 42.5 Å². The molecular formula is C49H55N7O2S2. The van der Waals surface area contributed by atoms with Crippen LogP contribution >= 0.6 is 22.7 Å². The summed E-state index contributed by atoms with van der Waals surface area (Å²) >= 11 is 3.21. The van der Waals surface area contributed by atoms with E-state index in [9.17, 15) is 4.79 Å². The maximum absolute atomic E-state index is 13.5. The number of nitrogens with zero attached hydrogens (tertiary/aromatic N) is 3. The molecule has 3 aliphatic rings. The van der Waals surface area contributed by atoms with Gasteiger partial charge in [-0.15, -0.1) is 22.7 Å². The van der Waals surface area contributed by atoms with Crippen molar-refractivity contribution in [3.05, 3.63) is 111 Å². The summed E-state index contributed by atoms with van der Waals surface area (Å²) in [7, 11) is 0. The lowest BCUT2D eigenvalue weighted by Gasteiger charge is -2.35. The van der Waals surface area contributed by atoms with Crippen molar-refractivity contribution in [2.24, 2.45) is 0 Å². The number of thiophene rings is 2. The van der Waals surface area contributed by atoms with E-state index in [1.165, 1.54) is 84.4 Å². The highest BCUT2D eigenvalue weighted by atomic mass is 32.1. The fraction of sp³-hybridized carbons (Fsp3) is 0.388. The Hall–Kier alpha value is -4.78. The first-order valence-electron chi connectivity index (χ1n) is 21.9. The van der Waals surface area contributed by atoms with E-state index in [0.29, 0.717) is 35.9 Å². The zero-order chi connectivity index (χ0) is 40.7. The van der Waals surface area contributed by atoms with Crippen molar-refractivity contribution >= 4 is 72.0 Å². The first kappa shape index (κ1) is 39.4. The van der Waals surface area contributed by atoms with Crippen molar-refractivity contribution in [2.45, 2.75) is 90.0 Å². The SMILES string of the molecule is CCn1c2ccc(CNCCOCCCc3ccc4c(N)c(C(=O)N[C@H]5CCc6cc(N7C[C@H]8CC[C@@H](C7)N8)ccc6C5)sc4n3)cc2c2ccc(-c3cc(C)cs3)cc21. The summed E-state index contributed by atoms with van der Waals surface area (Å²) in [6.45, 7) is 10.4. The minimum Gasteiger partial charge on any atom is -0.397 e. The number of ether oxygens (including phenoxy) is 1. The van der Waals surface area contributed by atoms with Crippen LogP contribution in [0.4, 0.5) is 11.4 Å². The molecule has 3 aromatic carbocycles. The summed E-state index contributed by atoms with van der Waals surface area (Å²) in [5, 5.41) is 16.3. The van der Waals surface area contributed by atoms with Gasteiger partial charge in [0.05, 0.1) is 12.3 Å². The van der Waals surface area contributed by atoms with E-state index in [2.05, 4.69) is 105 Å². The Kier molecular flexibility index (Phi) is 11.1. The third-order valence-electron chi connectivity index (χ3n) is 12.9. The molecule has 5 N–H and O–H groups in total. The van der Waals surface area contributed by atoms with Gasteiger partial charge < -0.3 is 35.9 Å². The number of rotatable bonds is 14. The average molecular weight is 838 g/mol.